The van der Waals surface area contributed by atoms with Crippen LogP contribution in [-0.4, -0.2) is 29.6 Å². The third kappa shape index (κ3) is 2.76. The van der Waals surface area contributed by atoms with Gasteiger partial charge < -0.3 is 10.2 Å². The van der Waals surface area contributed by atoms with Crippen molar-refractivity contribution in [2.24, 2.45) is 11.8 Å². The van der Waals surface area contributed by atoms with Crippen LogP contribution in [-0.2, 0) is 0 Å². The molecule has 0 bridgehead atoms. The lowest BCUT2D eigenvalue weighted by molar-refractivity contribution is 0.494. The van der Waals surface area contributed by atoms with E-state index in [2.05, 4.69) is 56.9 Å². The molecule has 100 valence electrons. The van der Waals surface area contributed by atoms with Crippen molar-refractivity contribution in [3.63, 3.8) is 0 Å². The van der Waals surface area contributed by atoms with Gasteiger partial charge >= 0.3 is 0 Å². The van der Waals surface area contributed by atoms with Crippen molar-refractivity contribution in [2.75, 3.05) is 29.9 Å². The maximum absolute atomic E-state index is 4.43. The Labute approximate surface area is 117 Å². The van der Waals surface area contributed by atoms with Gasteiger partial charge in [-0.15, -0.1) is 0 Å². The largest absolute Gasteiger partial charge is 0.369 e. The molecule has 4 nitrogen and oxygen atoms in total. The summed E-state index contributed by atoms with van der Waals surface area (Å²) in [5, 5.41) is 3.32. The summed E-state index contributed by atoms with van der Waals surface area (Å²) in [7, 11) is 0. The molecule has 2 rings (SSSR count). The molecule has 2 unspecified atom stereocenters. The van der Waals surface area contributed by atoms with E-state index in [1.807, 2.05) is 0 Å². The van der Waals surface area contributed by atoms with Gasteiger partial charge in [-0.1, -0.05) is 20.8 Å². The van der Waals surface area contributed by atoms with Gasteiger partial charge in [0.25, 0.3) is 0 Å². The maximum atomic E-state index is 4.43. The minimum absolute atomic E-state index is 0.721. The molecule has 1 aliphatic rings. The summed E-state index contributed by atoms with van der Waals surface area (Å²) < 4.78 is 0.986. The van der Waals surface area contributed by atoms with Gasteiger partial charge in [-0.2, -0.15) is 0 Å². The standard InChI is InChI=1S/C13H21BrN4/c1-4-5-15-12-11(14)13(17-8-16-12)18-6-9(2)10(3)7-18/h8-10H,4-7H2,1-3H3,(H,15,16,17). The lowest BCUT2D eigenvalue weighted by Gasteiger charge is -2.19. The minimum Gasteiger partial charge on any atom is -0.369 e. The van der Waals surface area contributed by atoms with Gasteiger partial charge in [-0.05, 0) is 34.2 Å². The normalized spacial score (nSPS) is 23.4. The van der Waals surface area contributed by atoms with Gasteiger partial charge in [0.05, 0.1) is 0 Å². The second-order valence-electron chi connectivity index (χ2n) is 5.15. The monoisotopic (exact) mass is 312 g/mol. The molecular formula is C13H21BrN4. The van der Waals surface area contributed by atoms with Crippen LogP contribution in [0.3, 0.4) is 0 Å². The first kappa shape index (κ1) is 13.6. The summed E-state index contributed by atoms with van der Waals surface area (Å²) in [6, 6.07) is 0. The summed E-state index contributed by atoms with van der Waals surface area (Å²) in [5.41, 5.74) is 0. The first-order valence-corrected chi connectivity index (χ1v) is 7.42. The summed E-state index contributed by atoms with van der Waals surface area (Å²) in [6.07, 6.45) is 2.73. The molecule has 0 spiro atoms. The van der Waals surface area contributed by atoms with Crippen LogP contribution in [0.4, 0.5) is 11.6 Å². The Morgan fingerprint density at radius 3 is 2.61 bits per heavy atom. The lowest BCUT2D eigenvalue weighted by atomic mass is 10.0. The lowest BCUT2D eigenvalue weighted by Crippen LogP contribution is -2.22. The van der Waals surface area contributed by atoms with E-state index in [1.54, 1.807) is 6.33 Å². The zero-order valence-corrected chi connectivity index (χ0v) is 12.9. The highest BCUT2D eigenvalue weighted by Gasteiger charge is 2.28. The highest BCUT2D eigenvalue weighted by atomic mass is 79.9. The summed E-state index contributed by atoms with van der Waals surface area (Å²) in [4.78, 5) is 11.1. The second-order valence-corrected chi connectivity index (χ2v) is 5.94. The Hall–Kier alpha value is -0.840. The molecule has 18 heavy (non-hydrogen) atoms. The van der Waals surface area contributed by atoms with Crippen LogP contribution in [0.15, 0.2) is 10.8 Å². The molecule has 5 heteroatoms. The number of anilines is 2. The first-order valence-electron chi connectivity index (χ1n) is 6.62. The maximum Gasteiger partial charge on any atom is 0.148 e. The quantitative estimate of drug-likeness (QED) is 0.927. The topological polar surface area (TPSA) is 41.1 Å². The molecule has 1 aromatic heterocycles. The molecule has 2 atom stereocenters. The van der Waals surface area contributed by atoms with Crippen molar-refractivity contribution in [1.29, 1.82) is 0 Å². The molecule has 1 aromatic rings. The average molecular weight is 313 g/mol. The van der Waals surface area contributed by atoms with E-state index >= 15 is 0 Å². The average Bonchev–Trinajstić information content (AvgIpc) is 2.68. The number of hydrogen-bond donors (Lipinski definition) is 1. The highest BCUT2D eigenvalue weighted by Crippen LogP contribution is 2.34. The first-order chi connectivity index (χ1) is 8.63. The van der Waals surface area contributed by atoms with Crippen LogP contribution in [0.1, 0.15) is 27.2 Å². The number of nitrogens with zero attached hydrogens (tertiary/aromatic N) is 3. The van der Waals surface area contributed by atoms with E-state index in [4.69, 9.17) is 0 Å². The third-order valence-electron chi connectivity index (χ3n) is 3.60. The van der Waals surface area contributed by atoms with Gasteiger partial charge in [0.15, 0.2) is 0 Å². The van der Waals surface area contributed by atoms with Crippen molar-refractivity contribution in [3.05, 3.63) is 10.8 Å². The van der Waals surface area contributed by atoms with Crippen LogP contribution in [0, 0.1) is 11.8 Å². The Morgan fingerprint density at radius 1 is 1.33 bits per heavy atom. The molecule has 1 N–H and O–H groups in total. The van der Waals surface area contributed by atoms with Gasteiger partial charge in [0.1, 0.15) is 22.4 Å². The van der Waals surface area contributed by atoms with Crippen LogP contribution in [0.25, 0.3) is 0 Å². The van der Waals surface area contributed by atoms with E-state index in [0.717, 1.165) is 54.0 Å². The summed E-state index contributed by atoms with van der Waals surface area (Å²) >= 11 is 3.63. The fourth-order valence-corrected chi connectivity index (χ4v) is 2.85. The third-order valence-corrected chi connectivity index (χ3v) is 4.33. The molecule has 0 amide bonds. The van der Waals surface area contributed by atoms with Crippen LogP contribution >= 0.6 is 15.9 Å². The zero-order valence-electron chi connectivity index (χ0n) is 11.3. The molecule has 2 heterocycles. The molecule has 0 saturated carbocycles. The number of hydrogen-bond acceptors (Lipinski definition) is 4. The minimum atomic E-state index is 0.721. The van der Waals surface area contributed by atoms with Crippen LogP contribution in [0.2, 0.25) is 0 Å². The smallest absolute Gasteiger partial charge is 0.148 e. The summed E-state index contributed by atoms with van der Waals surface area (Å²) in [6.45, 7) is 9.83. The van der Waals surface area contributed by atoms with Gasteiger partial charge in [0, 0.05) is 19.6 Å². The van der Waals surface area contributed by atoms with Gasteiger partial charge in [-0.25, -0.2) is 9.97 Å². The van der Waals surface area contributed by atoms with Gasteiger partial charge in [-0.3, -0.25) is 0 Å². The molecule has 0 aliphatic carbocycles. The van der Waals surface area contributed by atoms with E-state index in [9.17, 15) is 0 Å². The summed E-state index contributed by atoms with van der Waals surface area (Å²) in [5.74, 6) is 3.35. The molecular weight excluding hydrogens is 292 g/mol. The molecule has 1 aliphatic heterocycles. The van der Waals surface area contributed by atoms with Crippen molar-refractivity contribution in [2.45, 2.75) is 27.2 Å². The van der Waals surface area contributed by atoms with Crippen LogP contribution < -0.4 is 10.2 Å². The Balaban J connectivity index is 2.18. The highest BCUT2D eigenvalue weighted by molar-refractivity contribution is 9.10. The van der Waals surface area contributed by atoms with E-state index < -0.39 is 0 Å². The van der Waals surface area contributed by atoms with Crippen molar-refractivity contribution < 1.29 is 0 Å². The predicted octanol–water partition coefficient (Wildman–Crippen LogP) is 3.15. The predicted molar refractivity (Wildman–Crippen MR) is 79.1 cm³/mol. The fourth-order valence-electron chi connectivity index (χ4n) is 2.25. The van der Waals surface area contributed by atoms with E-state index in [-0.39, 0.29) is 0 Å². The van der Waals surface area contributed by atoms with Crippen molar-refractivity contribution in [1.82, 2.24) is 9.97 Å². The van der Waals surface area contributed by atoms with Crippen molar-refractivity contribution >= 4 is 27.6 Å². The number of aromatic nitrogens is 2. The number of rotatable bonds is 4. The SMILES string of the molecule is CCCNc1ncnc(N2CC(C)C(C)C2)c1Br. The van der Waals surface area contributed by atoms with E-state index in [0.29, 0.717) is 0 Å². The molecule has 1 saturated heterocycles. The zero-order chi connectivity index (χ0) is 13.1. The Morgan fingerprint density at radius 2 is 2.00 bits per heavy atom. The van der Waals surface area contributed by atoms with Crippen molar-refractivity contribution in [3.8, 4) is 0 Å². The molecule has 0 aromatic carbocycles. The number of nitrogens with one attached hydrogen (secondary N) is 1. The van der Waals surface area contributed by atoms with E-state index in [1.165, 1.54) is 0 Å². The Bertz CT molecular complexity index is 400. The second kappa shape index (κ2) is 5.87. The fraction of sp³-hybridized carbons (Fsp3) is 0.692. The van der Waals surface area contributed by atoms with Gasteiger partial charge in [0.2, 0.25) is 0 Å². The van der Waals surface area contributed by atoms with Crippen LogP contribution in [0.5, 0.6) is 0 Å². The Kier molecular flexibility index (Phi) is 4.43. The molecule has 0 radical (unpaired) electrons. The molecule has 1 fully saturated rings. The number of halogens is 1.